The molecule has 1 aliphatic carbocycles. The van der Waals surface area contributed by atoms with Gasteiger partial charge in [0.15, 0.2) is 5.65 Å². The first kappa shape index (κ1) is 26.2. The van der Waals surface area contributed by atoms with Crippen LogP contribution in [0, 0.1) is 11.8 Å². The van der Waals surface area contributed by atoms with Crippen molar-refractivity contribution in [1.82, 2.24) is 14.6 Å². The normalized spacial score (nSPS) is 18.7. The monoisotopic (exact) mass is 560 g/mol. The van der Waals surface area contributed by atoms with Gasteiger partial charge in [-0.3, -0.25) is 9.63 Å². The number of fused-ring (bicyclic) bond motifs is 1. The topological polar surface area (TPSA) is 120 Å². The fourth-order valence-electron chi connectivity index (χ4n) is 4.39. The molecule has 3 aromatic heterocycles. The highest BCUT2D eigenvalue weighted by molar-refractivity contribution is 9.10. The molecule has 0 bridgehead atoms. The number of esters is 1. The summed E-state index contributed by atoms with van der Waals surface area (Å²) in [6, 6.07) is 5.47. The highest BCUT2D eigenvalue weighted by Gasteiger charge is 2.28. The molecule has 1 aliphatic rings. The number of nitrogens with zero attached hydrogens (tertiary/aromatic N) is 4. The second-order valence-electron chi connectivity index (χ2n) is 9.56. The van der Waals surface area contributed by atoms with E-state index in [1.807, 2.05) is 44.4 Å². The minimum Gasteiger partial charge on any atom is -0.464 e. The van der Waals surface area contributed by atoms with E-state index < -0.39 is 6.04 Å². The Morgan fingerprint density at radius 3 is 2.94 bits per heavy atom. The van der Waals surface area contributed by atoms with Crippen LogP contribution < -0.4 is 25.9 Å². The zero-order valence-corrected chi connectivity index (χ0v) is 22.6. The van der Waals surface area contributed by atoms with Gasteiger partial charge in [-0.25, -0.2) is 4.98 Å². The Kier molecular flexibility index (Phi) is 8.63. The molecule has 36 heavy (non-hydrogen) atoms. The first-order valence-corrected chi connectivity index (χ1v) is 13.2. The maximum Gasteiger partial charge on any atom is 0.323 e. The van der Waals surface area contributed by atoms with Crippen LogP contribution in [0.15, 0.2) is 41.3 Å². The van der Waals surface area contributed by atoms with E-state index in [1.54, 1.807) is 22.6 Å². The van der Waals surface area contributed by atoms with Crippen LogP contribution in [0.4, 0.5) is 11.6 Å². The van der Waals surface area contributed by atoms with Crippen LogP contribution in [0.1, 0.15) is 45.1 Å². The van der Waals surface area contributed by atoms with Gasteiger partial charge in [0.1, 0.15) is 24.8 Å². The highest BCUT2D eigenvalue weighted by Crippen LogP contribution is 2.29. The van der Waals surface area contributed by atoms with Crippen LogP contribution in [0.3, 0.4) is 0 Å². The molecule has 0 amide bonds. The summed E-state index contributed by atoms with van der Waals surface area (Å²) >= 11 is 3.56. The summed E-state index contributed by atoms with van der Waals surface area (Å²) in [4.78, 5) is 22.4. The molecule has 1 fully saturated rings. The standard InChI is InChI=1S/C25H35BrN7O3/c1-16(2)23(27)25(34)36-15-18-8-4-5-9-20(18)30-21-11-22(33-24(31-21)19(26)13-29-33)28-12-17-7-6-10-32(14-17)35-3/h6-7,10-11,13-14,16,18,20,23,28H,4-5,8-9,12,15,27H2,1-3H3,(H,30,31)/q+1/t18-,20-,23-/m0/s1. The maximum absolute atomic E-state index is 12.3. The maximum atomic E-state index is 12.3. The predicted molar refractivity (Wildman–Crippen MR) is 140 cm³/mol. The fraction of sp³-hybridized carbons (Fsp3) is 0.520. The Bertz CT molecular complexity index is 1190. The van der Waals surface area contributed by atoms with Gasteiger partial charge >= 0.3 is 5.97 Å². The minimum atomic E-state index is -0.597. The highest BCUT2D eigenvalue weighted by atomic mass is 79.9. The molecule has 0 spiro atoms. The van der Waals surface area contributed by atoms with Gasteiger partial charge in [0, 0.05) is 40.9 Å². The Morgan fingerprint density at radius 1 is 1.36 bits per heavy atom. The van der Waals surface area contributed by atoms with Crippen LogP contribution >= 0.6 is 15.9 Å². The van der Waals surface area contributed by atoms with Crippen LogP contribution in [0.2, 0.25) is 0 Å². The molecule has 4 N–H and O–H groups in total. The molecule has 10 nitrogen and oxygen atoms in total. The summed E-state index contributed by atoms with van der Waals surface area (Å²) in [5.74, 6) is 1.46. The van der Waals surface area contributed by atoms with Crippen LogP contribution in [-0.4, -0.2) is 46.4 Å². The molecule has 0 aromatic carbocycles. The van der Waals surface area contributed by atoms with Gasteiger partial charge in [0.05, 0.1) is 17.3 Å². The van der Waals surface area contributed by atoms with E-state index in [9.17, 15) is 4.79 Å². The van der Waals surface area contributed by atoms with Gasteiger partial charge in [-0.2, -0.15) is 9.61 Å². The number of nitrogens with two attached hydrogens (primary N) is 1. The lowest BCUT2D eigenvalue weighted by atomic mass is 9.85. The molecule has 1 saturated carbocycles. The van der Waals surface area contributed by atoms with E-state index >= 15 is 0 Å². The number of hydrogen-bond donors (Lipinski definition) is 3. The van der Waals surface area contributed by atoms with E-state index in [-0.39, 0.29) is 23.8 Å². The van der Waals surface area contributed by atoms with Crippen LogP contribution in [-0.2, 0) is 16.1 Å². The minimum absolute atomic E-state index is 0.0456. The number of anilines is 2. The summed E-state index contributed by atoms with van der Waals surface area (Å²) in [5, 5.41) is 11.5. The van der Waals surface area contributed by atoms with Crippen LogP contribution in [0.5, 0.6) is 0 Å². The lowest BCUT2D eigenvalue weighted by Crippen LogP contribution is -2.40. The third-order valence-corrected chi connectivity index (χ3v) is 7.18. The average Bonchev–Trinajstić information content (AvgIpc) is 3.26. The van der Waals surface area contributed by atoms with Crippen molar-refractivity contribution >= 4 is 39.2 Å². The van der Waals surface area contributed by atoms with Gasteiger partial charge in [-0.05, 0) is 40.8 Å². The summed E-state index contributed by atoms with van der Waals surface area (Å²) < 4.78 is 9.84. The van der Waals surface area contributed by atoms with E-state index in [0.29, 0.717) is 18.8 Å². The fourth-order valence-corrected chi connectivity index (χ4v) is 4.74. The zero-order chi connectivity index (χ0) is 25.7. The molecular formula is C25H35BrN7O3+. The lowest BCUT2D eigenvalue weighted by Gasteiger charge is -2.32. The molecule has 3 aromatic rings. The molecule has 194 valence electrons. The largest absolute Gasteiger partial charge is 0.464 e. The number of nitrogens with one attached hydrogen (secondary N) is 2. The average molecular weight is 562 g/mol. The predicted octanol–water partition coefficient (Wildman–Crippen LogP) is 2.95. The zero-order valence-electron chi connectivity index (χ0n) is 21.0. The van der Waals surface area contributed by atoms with Crippen molar-refractivity contribution < 1.29 is 19.1 Å². The lowest BCUT2D eigenvalue weighted by molar-refractivity contribution is -0.885. The first-order chi connectivity index (χ1) is 17.4. The molecule has 3 heterocycles. The smallest absolute Gasteiger partial charge is 0.323 e. The summed E-state index contributed by atoms with van der Waals surface area (Å²) in [6.45, 7) is 4.78. The van der Waals surface area contributed by atoms with Gasteiger partial charge in [-0.15, -0.1) is 0 Å². The third-order valence-electron chi connectivity index (χ3n) is 6.62. The van der Waals surface area contributed by atoms with E-state index in [4.69, 9.17) is 20.3 Å². The Hall–Kier alpha value is -2.92. The van der Waals surface area contributed by atoms with E-state index in [1.165, 1.54) is 0 Å². The van der Waals surface area contributed by atoms with Crippen molar-refractivity contribution in [3.63, 3.8) is 0 Å². The molecule has 0 saturated heterocycles. The quantitative estimate of drug-likeness (QED) is 0.256. The van der Waals surface area contributed by atoms with Crippen molar-refractivity contribution in [3.8, 4) is 0 Å². The van der Waals surface area contributed by atoms with Crippen molar-refractivity contribution in [2.45, 2.75) is 58.2 Å². The summed E-state index contributed by atoms with van der Waals surface area (Å²) in [6.07, 6.45) is 9.69. The van der Waals surface area contributed by atoms with Gasteiger partial charge < -0.3 is 21.1 Å². The molecule has 0 unspecified atom stereocenters. The number of pyridine rings is 1. The molecule has 3 atom stereocenters. The Balaban J connectivity index is 1.50. The third kappa shape index (κ3) is 6.25. The van der Waals surface area contributed by atoms with Crippen LogP contribution in [0.25, 0.3) is 5.65 Å². The number of aromatic nitrogens is 4. The Morgan fingerprint density at radius 2 is 2.17 bits per heavy atom. The SMILES string of the molecule is CO[n+]1cccc(CNc2cc(N[C@H]3CCCC[C@H]3COC(=O)[C@@H](N)C(C)C)nc3c(Br)cnn23)c1. The first-order valence-electron chi connectivity index (χ1n) is 12.4. The van der Waals surface area contributed by atoms with Crippen molar-refractivity contribution in [2.75, 3.05) is 24.4 Å². The number of carbonyl (C=O) groups is 1. The van der Waals surface area contributed by atoms with Crippen molar-refractivity contribution in [2.24, 2.45) is 17.6 Å². The van der Waals surface area contributed by atoms with Crippen molar-refractivity contribution in [3.05, 3.63) is 46.8 Å². The molecule has 0 radical (unpaired) electrons. The molecule has 4 rings (SSSR count). The van der Waals surface area contributed by atoms with Gasteiger partial charge in [-0.1, -0.05) is 26.7 Å². The number of ether oxygens (including phenoxy) is 1. The second kappa shape index (κ2) is 11.9. The summed E-state index contributed by atoms with van der Waals surface area (Å²) in [5.41, 5.74) is 7.73. The number of carbonyl (C=O) groups excluding carboxylic acids is 1. The van der Waals surface area contributed by atoms with Gasteiger partial charge in [0.2, 0.25) is 12.4 Å². The second-order valence-corrected chi connectivity index (χ2v) is 10.4. The number of halogens is 1. The van der Waals surface area contributed by atoms with E-state index in [0.717, 1.165) is 47.4 Å². The van der Waals surface area contributed by atoms with Crippen molar-refractivity contribution in [1.29, 1.82) is 0 Å². The molecule has 11 heteroatoms. The number of rotatable bonds is 10. The molecule has 0 aliphatic heterocycles. The van der Waals surface area contributed by atoms with E-state index in [2.05, 4.69) is 31.7 Å². The Labute approximate surface area is 219 Å². The van der Waals surface area contributed by atoms with Gasteiger partial charge in [0.25, 0.3) is 0 Å². The number of hydrogen-bond acceptors (Lipinski definition) is 8. The summed E-state index contributed by atoms with van der Waals surface area (Å²) in [7, 11) is 1.63. The molecular weight excluding hydrogens is 526 g/mol.